The van der Waals surface area contributed by atoms with E-state index in [-0.39, 0.29) is 0 Å². The molecule has 38 heavy (non-hydrogen) atoms. The first-order valence-corrected chi connectivity index (χ1v) is 12.0. The molecule has 0 aromatic heterocycles. The zero-order chi connectivity index (χ0) is 26.5. The second kappa shape index (κ2) is 10.5. The summed E-state index contributed by atoms with van der Waals surface area (Å²) >= 11 is 0. The highest BCUT2D eigenvalue weighted by Crippen LogP contribution is 2.39. The van der Waals surface area contributed by atoms with E-state index < -0.39 is 0 Å². The van der Waals surface area contributed by atoms with E-state index >= 15 is 0 Å². The molecule has 0 heterocycles. The van der Waals surface area contributed by atoms with Crippen LogP contribution in [0.3, 0.4) is 0 Å². The average Bonchev–Trinajstić information content (AvgIpc) is 2.97. The van der Waals surface area contributed by atoms with Crippen LogP contribution >= 0.6 is 0 Å². The molecule has 4 N–H and O–H groups in total. The number of nitriles is 2. The van der Waals surface area contributed by atoms with Crippen molar-refractivity contribution in [2.24, 2.45) is 0 Å². The van der Waals surface area contributed by atoms with Gasteiger partial charge in [0.1, 0.15) is 0 Å². The van der Waals surface area contributed by atoms with Crippen LogP contribution in [0.25, 0.3) is 0 Å². The van der Waals surface area contributed by atoms with Crippen LogP contribution in [0.5, 0.6) is 0 Å². The first kappa shape index (κ1) is 24.0. The van der Waals surface area contributed by atoms with E-state index in [4.69, 9.17) is 11.5 Å². The minimum absolute atomic E-state index is 0.589. The van der Waals surface area contributed by atoms with Gasteiger partial charge in [0.2, 0.25) is 0 Å². The molecule has 0 spiro atoms. The zero-order valence-electron chi connectivity index (χ0n) is 20.5. The van der Waals surface area contributed by atoms with Crippen molar-refractivity contribution >= 4 is 45.5 Å². The Labute approximate surface area is 221 Å². The zero-order valence-corrected chi connectivity index (χ0v) is 20.5. The lowest BCUT2D eigenvalue weighted by Crippen LogP contribution is -2.12. The fraction of sp³-hybridized carbons (Fsp3) is 0. The Morgan fingerprint density at radius 2 is 0.579 bits per heavy atom. The summed E-state index contributed by atoms with van der Waals surface area (Å²) in [5, 5.41) is 18.5. The molecule has 6 nitrogen and oxygen atoms in total. The smallest absolute Gasteiger partial charge is 0.0991 e. The van der Waals surface area contributed by atoms with Gasteiger partial charge in [-0.05, 0) is 121 Å². The first-order chi connectivity index (χ1) is 18.6. The highest BCUT2D eigenvalue weighted by Gasteiger charge is 2.16. The molecule has 0 unspecified atom stereocenters. The van der Waals surface area contributed by atoms with Gasteiger partial charge in [-0.25, -0.2) is 0 Å². The molecule has 0 aliphatic rings. The predicted molar refractivity (Wildman–Crippen MR) is 154 cm³/mol. The second-order valence-electron chi connectivity index (χ2n) is 8.69. The van der Waals surface area contributed by atoms with E-state index in [1.165, 1.54) is 0 Å². The Hall–Kier alpha value is -5.72. The maximum absolute atomic E-state index is 9.25. The van der Waals surface area contributed by atoms with Crippen molar-refractivity contribution in [1.29, 1.82) is 10.5 Å². The molecule has 0 bridgehead atoms. The normalized spacial score (nSPS) is 10.3. The van der Waals surface area contributed by atoms with E-state index in [1.54, 1.807) is 24.3 Å². The van der Waals surface area contributed by atoms with E-state index in [9.17, 15) is 10.5 Å². The Bertz CT molecular complexity index is 1510. The van der Waals surface area contributed by atoms with E-state index in [0.717, 1.165) is 34.1 Å². The van der Waals surface area contributed by atoms with Crippen LogP contribution in [0.4, 0.5) is 45.5 Å². The quantitative estimate of drug-likeness (QED) is 0.237. The maximum atomic E-state index is 9.25. The third kappa shape index (κ3) is 4.97. The average molecular weight is 493 g/mol. The monoisotopic (exact) mass is 492 g/mol. The minimum atomic E-state index is 0.589. The molecule has 0 amide bonds. The van der Waals surface area contributed by atoms with Crippen LogP contribution in [-0.4, -0.2) is 0 Å². The van der Waals surface area contributed by atoms with Crippen molar-refractivity contribution in [2.75, 3.05) is 21.3 Å². The molecule has 6 heteroatoms. The largest absolute Gasteiger partial charge is 0.399 e. The summed E-state index contributed by atoms with van der Waals surface area (Å²) < 4.78 is 0. The van der Waals surface area contributed by atoms with Gasteiger partial charge >= 0.3 is 0 Å². The fourth-order valence-electron chi connectivity index (χ4n) is 4.26. The summed E-state index contributed by atoms with van der Waals surface area (Å²) in [6.45, 7) is 0. The first-order valence-electron chi connectivity index (χ1n) is 12.0. The molecule has 182 valence electrons. The summed E-state index contributed by atoms with van der Waals surface area (Å²) in [6.07, 6.45) is 0. The number of nitrogen functional groups attached to an aromatic ring is 2. The molecule has 0 atom stereocenters. The highest BCUT2D eigenvalue weighted by molar-refractivity contribution is 5.81. The minimum Gasteiger partial charge on any atom is -0.399 e. The predicted octanol–water partition coefficient (Wildman–Crippen LogP) is 7.53. The van der Waals surface area contributed by atoms with Crippen LogP contribution in [0, 0.1) is 22.7 Å². The number of nitrogens with zero attached hydrogens (tertiary/aromatic N) is 4. The molecular formula is C32H24N6. The van der Waals surface area contributed by atoms with Gasteiger partial charge in [-0.15, -0.1) is 0 Å². The Morgan fingerprint density at radius 1 is 0.368 bits per heavy atom. The Kier molecular flexibility index (Phi) is 6.63. The maximum Gasteiger partial charge on any atom is 0.0991 e. The SMILES string of the molecule is N#Cc1ccc(N(c2ccc(C#N)cc2)c2ccc(N(c3ccc(N)cc3)c3ccc(N)cc3)cc2)cc1. The molecule has 5 aromatic rings. The molecule has 0 fully saturated rings. The van der Waals surface area contributed by atoms with E-state index in [1.807, 2.05) is 84.9 Å². The van der Waals surface area contributed by atoms with Gasteiger partial charge in [-0.1, -0.05) is 0 Å². The lowest BCUT2D eigenvalue weighted by atomic mass is 10.1. The molecule has 0 saturated heterocycles. The van der Waals surface area contributed by atoms with Gasteiger partial charge in [0.05, 0.1) is 23.3 Å². The van der Waals surface area contributed by atoms with Crippen LogP contribution in [0.1, 0.15) is 11.1 Å². The van der Waals surface area contributed by atoms with Gasteiger partial charge in [0.15, 0.2) is 0 Å². The number of hydrogen-bond donors (Lipinski definition) is 2. The standard InChI is InChI=1S/C32H24N6/c33-21-23-1-9-27(10-2-23)37(28-11-3-24(22-34)4-12-28)31-17-19-32(20-18-31)38(29-13-5-25(35)6-14-29)30-15-7-26(36)8-16-30/h1-20H,35-36H2. The lowest BCUT2D eigenvalue weighted by molar-refractivity contribution is 1.25. The van der Waals surface area contributed by atoms with Gasteiger partial charge < -0.3 is 21.3 Å². The lowest BCUT2D eigenvalue weighted by Gasteiger charge is -2.28. The van der Waals surface area contributed by atoms with Crippen LogP contribution in [-0.2, 0) is 0 Å². The van der Waals surface area contributed by atoms with Crippen molar-refractivity contribution in [3.05, 3.63) is 132 Å². The number of nitrogens with two attached hydrogens (primary N) is 2. The third-order valence-corrected chi connectivity index (χ3v) is 6.18. The Morgan fingerprint density at radius 3 is 0.816 bits per heavy atom. The molecular weight excluding hydrogens is 468 g/mol. The third-order valence-electron chi connectivity index (χ3n) is 6.18. The van der Waals surface area contributed by atoms with Crippen LogP contribution in [0.15, 0.2) is 121 Å². The molecule has 0 aliphatic carbocycles. The van der Waals surface area contributed by atoms with E-state index in [0.29, 0.717) is 22.5 Å². The van der Waals surface area contributed by atoms with Crippen molar-refractivity contribution in [2.45, 2.75) is 0 Å². The molecule has 0 radical (unpaired) electrons. The van der Waals surface area contributed by atoms with Crippen LogP contribution in [0.2, 0.25) is 0 Å². The van der Waals surface area contributed by atoms with Crippen molar-refractivity contribution < 1.29 is 0 Å². The number of rotatable bonds is 6. The molecule has 5 aromatic carbocycles. The topological polar surface area (TPSA) is 106 Å². The van der Waals surface area contributed by atoms with Gasteiger partial charge in [0.25, 0.3) is 0 Å². The van der Waals surface area contributed by atoms with Crippen LogP contribution < -0.4 is 21.3 Å². The fourth-order valence-corrected chi connectivity index (χ4v) is 4.26. The van der Waals surface area contributed by atoms with E-state index in [2.05, 4.69) is 34.1 Å². The number of benzene rings is 5. The summed E-state index contributed by atoms with van der Waals surface area (Å²) in [5.41, 5.74) is 20.1. The van der Waals surface area contributed by atoms with Gasteiger partial charge in [0, 0.05) is 45.5 Å². The summed E-state index contributed by atoms with van der Waals surface area (Å²) in [6, 6.07) is 42.9. The number of hydrogen-bond acceptors (Lipinski definition) is 6. The van der Waals surface area contributed by atoms with Gasteiger partial charge in [-0.3, -0.25) is 0 Å². The van der Waals surface area contributed by atoms with Crippen molar-refractivity contribution in [1.82, 2.24) is 0 Å². The van der Waals surface area contributed by atoms with Crippen molar-refractivity contribution in [3.63, 3.8) is 0 Å². The van der Waals surface area contributed by atoms with Crippen molar-refractivity contribution in [3.8, 4) is 12.1 Å². The highest BCUT2D eigenvalue weighted by atomic mass is 15.2. The number of anilines is 8. The Balaban J connectivity index is 1.58. The molecule has 0 aliphatic heterocycles. The van der Waals surface area contributed by atoms with Gasteiger partial charge in [-0.2, -0.15) is 10.5 Å². The molecule has 0 saturated carbocycles. The summed E-state index contributed by atoms with van der Waals surface area (Å²) in [7, 11) is 0. The second-order valence-corrected chi connectivity index (χ2v) is 8.69. The summed E-state index contributed by atoms with van der Waals surface area (Å²) in [4.78, 5) is 4.22. The molecule has 5 rings (SSSR count). The summed E-state index contributed by atoms with van der Waals surface area (Å²) in [5.74, 6) is 0.